The number of ether oxygens (including phenoxy) is 3. The number of carbonyl (C=O) groups excluding carboxylic acids is 3. The van der Waals surface area contributed by atoms with Gasteiger partial charge in [0, 0.05) is 19.3 Å². The Balaban J connectivity index is 4.22. The van der Waals surface area contributed by atoms with Gasteiger partial charge in [0.2, 0.25) is 0 Å². The first-order valence-corrected chi connectivity index (χ1v) is 29.4. The second-order valence-electron chi connectivity index (χ2n) is 19.5. The molecule has 69 heavy (non-hydrogen) atoms. The molecule has 0 aliphatic heterocycles. The summed E-state index contributed by atoms with van der Waals surface area (Å²) in [6, 6.07) is 0. The van der Waals surface area contributed by atoms with E-state index in [1.807, 2.05) is 0 Å². The van der Waals surface area contributed by atoms with Crippen molar-refractivity contribution in [1.82, 2.24) is 0 Å². The van der Waals surface area contributed by atoms with Gasteiger partial charge in [0.25, 0.3) is 0 Å². The van der Waals surface area contributed by atoms with Gasteiger partial charge in [0.15, 0.2) is 6.10 Å². The second-order valence-corrected chi connectivity index (χ2v) is 19.5. The number of rotatable bonds is 53. The van der Waals surface area contributed by atoms with Crippen LogP contribution in [-0.2, 0) is 28.6 Å². The summed E-state index contributed by atoms with van der Waals surface area (Å²) in [7, 11) is 0. The molecule has 0 saturated carbocycles. The van der Waals surface area contributed by atoms with Crippen molar-refractivity contribution >= 4 is 17.9 Å². The highest BCUT2D eigenvalue weighted by Gasteiger charge is 2.19. The summed E-state index contributed by atoms with van der Waals surface area (Å²) >= 11 is 0. The maximum atomic E-state index is 12.8. The van der Waals surface area contributed by atoms with Crippen LogP contribution in [-0.4, -0.2) is 37.2 Å². The lowest BCUT2D eigenvalue weighted by Crippen LogP contribution is -2.30. The zero-order valence-electron chi connectivity index (χ0n) is 45.6. The van der Waals surface area contributed by atoms with Crippen LogP contribution in [0.3, 0.4) is 0 Å². The molecular weight excluding hydrogens is 853 g/mol. The van der Waals surface area contributed by atoms with Crippen LogP contribution in [0.1, 0.15) is 290 Å². The van der Waals surface area contributed by atoms with Gasteiger partial charge in [-0.2, -0.15) is 0 Å². The number of allylic oxidation sites excluding steroid dienone is 12. The number of unbranched alkanes of at least 4 members (excludes halogenated alkanes) is 30. The molecule has 0 radical (unpaired) electrons. The molecule has 398 valence electrons. The summed E-state index contributed by atoms with van der Waals surface area (Å²) < 4.78 is 16.8. The van der Waals surface area contributed by atoms with Crippen molar-refractivity contribution in [1.29, 1.82) is 0 Å². The van der Waals surface area contributed by atoms with Crippen molar-refractivity contribution in [3.8, 4) is 0 Å². The Morgan fingerprint density at radius 3 is 0.884 bits per heavy atom. The molecule has 0 rings (SSSR count). The maximum absolute atomic E-state index is 12.8. The van der Waals surface area contributed by atoms with Gasteiger partial charge in [-0.25, -0.2) is 0 Å². The third kappa shape index (κ3) is 55.6. The van der Waals surface area contributed by atoms with Crippen molar-refractivity contribution in [3.63, 3.8) is 0 Å². The van der Waals surface area contributed by atoms with E-state index in [0.29, 0.717) is 19.3 Å². The van der Waals surface area contributed by atoms with Crippen molar-refractivity contribution in [2.45, 2.75) is 297 Å². The molecule has 0 aromatic heterocycles. The van der Waals surface area contributed by atoms with E-state index in [9.17, 15) is 14.4 Å². The average molecular weight is 964 g/mol. The van der Waals surface area contributed by atoms with E-state index in [4.69, 9.17) is 14.2 Å². The quantitative estimate of drug-likeness (QED) is 0.0262. The Labute approximate surface area is 427 Å². The van der Waals surface area contributed by atoms with Crippen LogP contribution in [0.2, 0.25) is 0 Å². The smallest absolute Gasteiger partial charge is 0.306 e. The van der Waals surface area contributed by atoms with Gasteiger partial charge in [-0.15, -0.1) is 0 Å². The fraction of sp³-hybridized carbons (Fsp3) is 0.762. The Bertz CT molecular complexity index is 1290. The minimum absolute atomic E-state index is 0.0739. The van der Waals surface area contributed by atoms with Crippen LogP contribution < -0.4 is 0 Å². The number of carbonyl (C=O) groups is 3. The van der Waals surface area contributed by atoms with Gasteiger partial charge in [0.1, 0.15) is 13.2 Å². The van der Waals surface area contributed by atoms with Gasteiger partial charge in [-0.3, -0.25) is 14.4 Å². The fourth-order valence-electron chi connectivity index (χ4n) is 8.33. The summed E-state index contributed by atoms with van der Waals surface area (Å²) in [5.41, 5.74) is 0. The van der Waals surface area contributed by atoms with Gasteiger partial charge < -0.3 is 14.2 Å². The highest BCUT2D eigenvalue weighted by Crippen LogP contribution is 2.16. The Hall–Kier alpha value is -3.15. The zero-order valence-corrected chi connectivity index (χ0v) is 45.6. The van der Waals surface area contributed by atoms with Gasteiger partial charge in [0.05, 0.1) is 0 Å². The third-order valence-electron chi connectivity index (χ3n) is 12.7. The minimum Gasteiger partial charge on any atom is -0.462 e. The van der Waals surface area contributed by atoms with Crippen molar-refractivity contribution in [2.24, 2.45) is 0 Å². The lowest BCUT2D eigenvalue weighted by atomic mass is 10.0. The van der Waals surface area contributed by atoms with Crippen LogP contribution in [0.4, 0.5) is 0 Å². The monoisotopic (exact) mass is 963 g/mol. The summed E-state index contributed by atoms with van der Waals surface area (Å²) in [4.78, 5) is 38.0. The highest BCUT2D eigenvalue weighted by atomic mass is 16.6. The van der Waals surface area contributed by atoms with E-state index in [-0.39, 0.29) is 31.1 Å². The van der Waals surface area contributed by atoms with Gasteiger partial charge in [-0.1, -0.05) is 273 Å². The van der Waals surface area contributed by atoms with Crippen LogP contribution in [0.15, 0.2) is 72.9 Å². The van der Waals surface area contributed by atoms with E-state index in [1.54, 1.807) is 0 Å². The zero-order chi connectivity index (χ0) is 50.0. The van der Waals surface area contributed by atoms with E-state index >= 15 is 0 Å². The highest BCUT2D eigenvalue weighted by molar-refractivity contribution is 5.71. The lowest BCUT2D eigenvalue weighted by molar-refractivity contribution is -0.167. The van der Waals surface area contributed by atoms with Crippen LogP contribution in [0.5, 0.6) is 0 Å². The average Bonchev–Trinajstić information content (AvgIpc) is 3.35. The van der Waals surface area contributed by atoms with Crippen molar-refractivity contribution < 1.29 is 28.6 Å². The molecule has 0 aromatic rings. The molecule has 1 atom stereocenters. The van der Waals surface area contributed by atoms with Gasteiger partial charge in [-0.05, 0) is 70.6 Å². The standard InChI is InChI=1S/C63H110O6/c1-4-7-10-13-16-19-21-23-25-26-27-28-29-30-31-32-33-34-35-36-38-39-41-44-47-50-53-56-62(65)68-59-60(58-67-61(64)55-52-49-46-43-18-15-12-9-6-3)69-63(66)57-54-51-48-45-42-40-37-24-22-20-17-14-11-8-5-2/h7,10,16,19,23,25,27-28,30-31,33-34,60H,4-6,8-9,11-15,17-18,20-22,24,26,29,32,35-59H2,1-3H3/b10-7-,19-16-,25-23-,28-27-,31-30-,34-33-. The molecule has 0 heterocycles. The number of hydrogen-bond acceptors (Lipinski definition) is 6. The first kappa shape index (κ1) is 65.8. The van der Waals surface area contributed by atoms with E-state index < -0.39 is 6.10 Å². The number of esters is 3. The fourth-order valence-corrected chi connectivity index (χ4v) is 8.33. The topological polar surface area (TPSA) is 78.9 Å². The Kier molecular flexibility index (Phi) is 54.8. The van der Waals surface area contributed by atoms with E-state index in [0.717, 1.165) is 103 Å². The molecule has 0 aromatic carbocycles. The van der Waals surface area contributed by atoms with Crippen LogP contribution >= 0.6 is 0 Å². The maximum Gasteiger partial charge on any atom is 0.306 e. The molecule has 0 aliphatic carbocycles. The molecule has 0 spiro atoms. The second kappa shape index (κ2) is 57.4. The molecule has 6 heteroatoms. The SMILES string of the molecule is CC/C=C\C/C=C\C/C=C\C/C=C\C/C=C\C/C=C\CCCCCCCCCCC(=O)OCC(COC(=O)CCCCCCCCCCC)OC(=O)CCCCCCCCCCCCCCCCC. The molecular formula is C63H110O6. The first-order valence-electron chi connectivity index (χ1n) is 29.4. The normalized spacial score (nSPS) is 12.6. The largest absolute Gasteiger partial charge is 0.462 e. The molecule has 0 saturated heterocycles. The summed E-state index contributed by atoms with van der Waals surface area (Å²) in [6.07, 6.45) is 73.3. The van der Waals surface area contributed by atoms with Crippen molar-refractivity contribution in [2.75, 3.05) is 13.2 Å². The third-order valence-corrected chi connectivity index (χ3v) is 12.7. The Morgan fingerprint density at radius 1 is 0.304 bits per heavy atom. The molecule has 0 fully saturated rings. The summed E-state index contributed by atoms with van der Waals surface area (Å²) in [6.45, 7) is 6.52. The van der Waals surface area contributed by atoms with Crippen LogP contribution in [0, 0.1) is 0 Å². The Morgan fingerprint density at radius 2 is 0.565 bits per heavy atom. The van der Waals surface area contributed by atoms with Crippen LogP contribution in [0.25, 0.3) is 0 Å². The van der Waals surface area contributed by atoms with E-state index in [1.165, 1.54) is 148 Å². The van der Waals surface area contributed by atoms with Gasteiger partial charge >= 0.3 is 17.9 Å². The van der Waals surface area contributed by atoms with Crippen molar-refractivity contribution in [3.05, 3.63) is 72.9 Å². The molecule has 0 bridgehead atoms. The number of hydrogen-bond donors (Lipinski definition) is 0. The summed E-state index contributed by atoms with van der Waals surface area (Å²) in [5, 5.41) is 0. The predicted molar refractivity (Wildman–Crippen MR) is 298 cm³/mol. The molecule has 0 aliphatic rings. The molecule has 1 unspecified atom stereocenters. The first-order chi connectivity index (χ1) is 34.0. The molecule has 6 nitrogen and oxygen atoms in total. The molecule has 0 N–H and O–H groups in total. The van der Waals surface area contributed by atoms with E-state index in [2.05, 4.69) is 93.7 Å². The minimum atomic E-state index is -0.774. The predicted octanol–water partition coefficient (Wildman–Crippen LogP) is 19.8. The lowest BCUT2D eigenvalue weighted by Gasteiger charge is -2.18. The summed E-state index contributed by atoms with van der Waals surface area (Å²) in [5.74, 6) is -0.874. The molecule has 0 amide bonds.